The second-order valence-electron chi connectivity index (χ2n) is 7.36. The van der Waals surface area contributed by atoms with E-state index in [4.69, 9.17) is 4.98 Å². The van der Waals surface area contributed by atoms with Gasteiger partial charge in [-0.3, -0.25) is 4.79 Å². The molecule has 0 aliphatic carbocycles. The summed E-state index contributed by atoms with van der Waals surface area (Å²) in [5.74, 6) is -0.313. The van der Waals surface area contributed by atoms with E-state index in [1.165, 1.54) is 22.8 Å². The fourth-order valence-electron chi connectivity index (χ4n) is 3.60. The van der Waals surface area contributed by atoms with Crippen molar-refractivity contribution >= 4 is 10.9 Å². The molecular weight excluding hydrogens is 367 g/mol. The number of aryl methyl sites for hydroxylation is 2. The number of halogens is 1. The van der Waals surface area contributed by atoms with Crippen LogP contribution in [-0.2, 0) is 7.05 Å². The van der Waals surface area contributed by atoms with Crippen molar-refractivity contribution in [3.63, 3.8) is 0 Å². The fraction of sp³-hybridized carbons (Fsp3) is 0.167. The molecule has 1 N–H and O–H groups in total. The molecule has 2 heterocycles. The minimum Gasteiger partial charge on any atom is -0.389 e. The summed E-state index contributed by atoms with van der Waals surface area (Å²) >= 11 is 0. The van der Waals surface area contributed by atoms with Gasteiger partial charge in [0, 0.05) is 35.8 Å². The Balaban J connectivity index is 2.09. The number of aromatic nitrogens is 2. The summed E-state index contributed by atoms with van der Waals surface area (Å²) in [4.78, 5) is 16.7. The molecule has 146 valence electrons. The van der Waals surface area contributed by atoms with E-state index in [1.807, 2.05) is 25.1 Å². The van der Waals surface area contributed by atoms with Gasteiger partial charge in [0.25, 0.3) is 0 Å². The second kappa shape index (κ2) is 7.26. The maximum atomic E-state index is 13.5. The van der Waals surface area contributed by atoms with E-state index < -0.39 is 6.10 Å². The zero-order valence-electron chi connectivity index (χ0n) is 16.5. The monoisotopic (exact) mass is 388 g/mol. The van der Waals surface area contributed by atoms with Crippen molar-refractivity contribution in [2.45, 2.75) is 20.0 Å². The molecule has 1 unspecified atom stereocenters. The van der Waals surface area contributed by atoms with Crippen molar-refractivity contribution in [2.75, 3.05) is 0 Å². The molecule has 0 aliphatic heterocycles. The Morgan fingerprint density at radius 3 is 2.38 bits per heavy atom. The van der Waals surface area contributed by atoms with Gasteiger partial charge in [0.2, 0.25) is 5.56 Å². The van der Waals surface area contributed by atoms with Crippen molar-refractivity contribution in [3.8, 4) is 22.4 Å². The van der Waals surface area contributed by atoms with E-state index in [-0.39, 0.29) is 11.4 Å². The predicted octanol–water partition coefficient (Wildman–Crippen LogP) is 4.77. The Morgan fingerprint density at radius 2 is 1.72 bits per heavy atom. The van der Waals surface area contributed by atoms with Crippen molar-refractivity contribution in [3.05, 3.63) is 88.1 Å². The quantitative estimate of drug-likeness (QED) is 0.550. The van der Waals surface area contributed by atoms with Crippen LogP contribution in [0.25, 0.3) is 33.3 Å². The minimum atomic E-state index is -0.649. The third-order valence-corrected chi connectivity index (χ3v) is 5.08. The van der Waals surface area contributed by atoms with Crippen molar-refractivity contribution in [1.29, 1.82) is 0 Å². The molecule has 0 bridgehead atoms. The number of rotatable bonds is 3. The van der Waals surface area contributed by atoms with Gasteiger partial charge in [0.1, 0.15) is 5.82 Å². The van der Waals surface area contributed by atoms with Gasteiger partial charge in [-0.25, -0.2) is 9.37 Å². The van der Waals surface area contributed by atoms with E-state index >= 15 is 0 Å². The average molecular weight is 388 g/mol. The third-order valence-electron chi connectivity index (χ3n) is 5.08. The van der Waals surface area contributed by atoms with E-state index in [0.717, 1.165) is 38.7 Å². The number of nitrogens with zero attached hydrogens (tertiary/aromatic N) is 2. The van der Waals surface area contributed by atoms with Crippen LogP contribution in [0.1, 0.15) is 24.2 Å². The lowest BCUT2D eigenvalue weighted by Gasteiger charge is -2.16. The molecule has 0 fully saturated rings. The normalized spacial score (nSPS) is 12.3. The summed E-state index contributed by atoms with van der Waals surface area (Å²) < 4.78 is 15.0. The maximum absolute atomic E-state index is 13.5. The van der Waals surface area contributed by atoms with Crippen LogP contribution in [0.2, 0.25) is 0 Å². The first kappa shape index (κ1) is 19.0. The van der Waals surface area contributed by atoms with Crippen LogP contribution in [0.15, 0.2) is 65.6 Å². The van der Waals surface area contributed by atoms with E-state index in [9.17, 15) is 14.3 Å². The fourth-order valence-corrected chi connectivity index (χ4v) is 3.60. The Labute approximate surface area is 167 Å². The Bertz CT molecular complexity index is 1270. The highest BCUT2D eigenvalue weighted by atomic mass is 19.1. The van der Waals surface area contributed by atoms with Gasteiger partial charge in [-0.1, -0.05) is 18.2 Å². The van der Waals surface area contributed by atoms with Crippen LogP contribution >= 0.6 is 0 Å². The van der Waals surface area contributed by atoms with Crippen molar-refractivity contribution in [1.82, 2.24) is 9.55 Å². The average Bonchev–Trinajstić information content (AvgIpc) is 2.69. The summed E-state index contributed by atoms with van der Waals surface area (Å²) in [5.41, 5.74) is 5.55. The first-order valence-electron chi connectivity index (χ1n) is 9.40. The largest absolute Gasteiger partial charge is 0.389 e. The summed E-state index contributed by atoms with van der Waals surface area (Å²) in [6.07, 6.45) is 1.10. The SMILES string of the molecule is Cc1cc(C(C)O)c2cc(-c3ccc(F)cc3)c(-c3ccc(=O)n(C)c3)nc2c1. The molecule has 1 atom stereocenters. The van der Waals surface area contributed by atoms with Gasteiger partial charge < -0.3 is 9.67 Å². The number of fused-ring (bicyclic) bond motifs is 1. The zero-order chi connectivity index (χ0) is 20.7. The summed E-state index contributed by atoms with van der Waals surface area (Å²) in [6, 6.07) is 15.4. The number of hydrogen-bond donors (Lipinski definition) is 1. The van der Waals surface area contributed by atoms with Crippen molar-refractivity contribution in [2.24, 2.45) is 7.05 Å². The minimum absolute atomic E-state index is 0.106. The molecule has 5 heteroatoms. The highest BCUT2D eigenvalue weighted by Crippen LogP contribution is 2.36. The first-order chi connectivity index (χ1) is 13.8. The highest BCUT2D eigenvalue weighted by Gasteiger charge is 2.16. The molecule has 0 radical (unpaired) electrons. The van der Waals surface area contributed by atoms with E-state index in [0.29, 0.717) is 5.69 Å². The number of pyridine rings is 2. The molecule has 0 saturated heterocycles. The Kier molecular flexibility index (Phi) is 4.76. The van der Waals surface area contributed by atoms with Crippen molar-refractivity contribution < 1.29 is 9.50 Å². The molecule has 0 amide bonds. The molecule has 2 aromatic heterocycles. The molecule has 29 heavy (non-hydrogen) atoms. The molecular formula is C24H21FN2O2. The van der Waals surface area contributed by atoms with E-state index in [1.54, 1.807) is 38.4 Å². The van der Waals surface area contributed by atoms with Crippen LogP contribution < -0.4 is 5.56 Å². The lowest BCUT2D eigenvalue weighted by Crippen LogP contribution is -2.14. The van der Waals surface area contributed by atoms with Crippen LogP contribution in [0.5, 0.6) is 0 Å². The van der Waals surface area contributed by atoms with Gasteiger partial charge in [0.15, 0.2) is 0 Å². The van der Waals surface area contributed by atoms with Gasteiger partial charge in [0.05, 0.1) is 17.3 Å². The highest BCUT2D eigenvalue weighted by molar-refractivity contribution is 5.93. The molecule has 4 rings (SSSR count). The third kappa shape index (κ3) is 3.57. The predicted molar refractivity (Wildman–Crippen MR) is 113 cm³/mol. The van der Waals surface area contributed by atoms with E-state index in [2.05, 4.69) is 0 Å². The molecule has 4 aromatic rings. The van der Waals surface area contributed by atoms with Gasteiger partial charge in [-0.05, 0) is 60.9 Å². The first-order valence-corrected chi connectivity index (χ1v) is 9.40. The smallest absolute Gasteiger partial charge is 0.250 e. The van der Waals surface area contributed by atoms with Crippen LogP contribution in [0.4, 0.5) is 4.39 Å². The maximum Gasteiger partial charge on any atom is 0.250 e. The number of aliphatic hydroxyl groups excluding tert-OH is 1. The van der Waals surface area contributed by atoms with Gasteiger partial charge in [-0.2, -0.15) is 0 Å². The number of hydrogen-bond acceptors (Lipinski definition) is 3. The molecule has 0 spiro atoms. The topological polar surface area (TPSA) is 55.1 Å². The van der Waals surface area contributed by atoms with Crippen LogP contribution in [0.3, 0.4) is 0 Å². The Morgan fingerprint density at radius 1 is 1.03 bits per heavy atom. The second-order valence-corrected chi connectivity index (χ2v) is 7.36. The zero-order valence-corrected chi connectivity index (χ0v) is 16.5. The summed E-state index contributed by atoms with van der Waals surface area (Å²) in [7, 11) is 1.69. The van der Waals surface area contributed by atoms with Crippen LogP contribution in [0, 0.1) is 12.7 Å². The lowest BCUT2D eigenvalue weighted by atomic mass is 9.94. The molecule has 0 aliphatic rings. The molecule has 4 nitrogen and oxygen atoms in total. The van der Waals surface area contributed by atoms with Gasteiger partial charge >= 0.3 is 0 Å². The molecule has 0 saturated carbocycles. The summed E-state index contributed by atoms with van der Waals surface area (Å²) in [6.45, 7) is 3.69. The van der Waals surface area contributed by atoms with Gasteiger partial charge in [-0.15, -0.1) is 0 Å². The standard InChI is InChI=1S/C24H21FN2O2/c1-14-10-19(15(2)28)21-12-20(16-4-7-18(25)8-5-16)24(26-22(21)11-14)17-6-9-23(29)27(3)13-17/h4-13,15,28H,1-3H3. The Hall–Kier alpha value is -3.31. The lowest BCUT2D eigenvalue weighted by molar-refractivity contribution is 0.201. The summed E-state index contributed by atoms with van der Waals surface area (Å²) in [5, 5.41) is 11.1. The van der Waals surface area contributed by atoms with Crippen LogP contribution in [-0.4, -0.2) is 14.7 Å². The number of aliphatic hydroxyl groups is 1. The number of benzene rings is 2. The molecule has 2 aromatic carbocycles.